The molecule has 1 fully saturated rings. The number of piperidine rings is 1. The second-order valence-electron chi connectivity index (χ2n) is 5.11. The van der Waals surface area contributed by atoms with Gasteiger partial charge in [0.25, 0.3) is 0 Å². The molecule has 104 valence electrons. The fourth-order valence-corrected chi connectivity index (χ4v) is 2.93. The molecule has 0 aliphatic carbocycles. The average molecular weight is 261 g/mol. The van der Waals surface area contributed by atoms with E-state index in [1.165, 1.54) is 5.56 Å². The molecule has 1 aliphatic rings. The van der Waals surface area contributed by atoms with E-state index < -0.39 is 0 Å². The molecule has 0 radical (unpaired) electrons. The Bertz CT molecular complexity index is 459. The zero-order valence-electron chi connectivity index (χ0n) is 11.8. The first-order valence-electron chi connectivity index (χ1n) is 6.95. The molecule has 0 aromatic heterocycles. The summed E-state index contributed by atoms with van der Waals surface area (Å²) in [5.41, 5.74) is 9.32. The van der Waals surface area contributed by atoms with E-state index >= 15 is 0 Å². The predicted octanol–water partition coefficient (Wildman–Crippen LogP) is 1.56. The number of anilines is 1. The molecule has 1 aliphatic heterocycles. The molecule has 4 nitrogen and oxygen atoms in total. The van der Waals surface area contributed by atoms with E-state index in [0.29, 0.717) is 6.54 Å². The summed E-state index contributed by atoms with van der Waals surface area (Å²) in [6, 6.07) is 6.10. The van der Waals surface area contributed by atoms with Crippen molar-refractivity contribution in [2.45, 2.75) is 38.8 Å². The summed E-state index contributed by atoms with van der Waals surface area (Å²) in [4.78, 5) is 14.3. The Morgan fingerprint density at radius 1 is 1.47 bits per heavy atom. The molecular formula is C15H23N3O. The van der Waals surface area contributed by atoms with E-state index in [1.807, 2.05) is 6.07 Å². The number of amides is 1. The molecule has 3 N–H and O–H groups in total. The molecule has 1 heterocycles. The molecular weight excluding hydrogens is 238 g/mol. The van der Waals surface area contributed by atoms with Crippen molar-refractivity contribution in [3.8, 4) is 0 Å². The van der Waals surface area contributed by atoms with Crippen LogP contribution in [0.5, 0.6) is 0 Å². The predicted molar refractivity (Wildman–Crippen MR) is 78.1 cm³/mol. The smallest absolute Gasteiger partial charge is 0.242 e. The van der Waals surface area contributed by atoms with E-state index in [-0.39, 0.29) is 11.9 Å². The van der Waals surface area contributed by atoms with Crippen LogP contribution in [0.3, 0.4) is 0 Å². The first-order valence-corrected chi connectivity index (χ1v) is 6.95. The zero-order valence-corrected chi connectivity index (χ0v) is 11.8. The lowest BCUT2D eigenvalue weighted by atomic mass is 9.97. The van der Waals surface area contributed by atoms with Crippen LogP contribution in [0.25, 0.3) is 0 Å². The Balaban J connectivity index is 2.40. The van der Waals surface area contributed by atoms with Gasteiger partial charge in [0, 0.05) is 25.8 Å². The van der Waals surface area contributed by atoms with Gasteiger partial charge in [-0.3, -0.25) is 4.79 Å². The number of rotatable bonds is 3. The number of hydrogen-bond acceptors (Lipinski definition) is 3. The SMILES string of the molecule is CNC(=O)C1CCCCN1c1c(C)cccc1CN. The molecule has 0 saturated carbocycles. The number of nitrogens with one attached hydrogen (secondary N) is 1. The number of hydrogen-bond donors (Lipinski definition) is 2. The monoisotopic (exact) mass is 261 g/mol. The van der Waals surface area contributed by atoms with Crippen LogP contribution < -0.4 is 16.0 Å². The summed E-state index contributed by atoms with van der Waals surface area (Å²) in [6.45, 7) is 3.52. The summed E-state index contributed by atoms with van der Waals surface area (Å²) >= 11 is 0. The van der Waals surface area contributed by atoms with Gasteiger partial charge in [-0.15, -0.1) is 0 Å². The van der Waals surface area contributed by atoms with Gasteiger partial charge in [-0.1, -0.05) is 18.2 Å². The summed E-state index contributed by atoms with van der Waals surface area (Å²) in [5.74, 6) is 0.103. The summed E-state index contributed by atoms with van der Waals surface area (Å²) < 4.78 is 0. The van der Waals surface area contributed by atoms with Crippen molar-refractivity contribution in [2.75, 3.05) is 18.5 Å². The Hall–Kier alpha value is -1.55. The van der Waals surface area contributed by atoms with Crippen molar-refractivity contribution >= 4 is 11.6 Å². The van der Waals surface area contributed by atoms with Gasteiger partial charge in [-0.25, -0.2) is 0 Å². The van der Waals surface area contributed by atoms with Crippen LogP contribution in [0, 0.1) is 6.92 Å². The molecule has 1 atom stereocenters. The Morgan fingerprint density at radius 3 is 2.95 bits per heavy atom. The topological polar surface area (TPSA) is 58.4 Å². The van der Waals surface area contributed by atoms with E-state index in [4.69, 9.17) is 5.73 Å². The van der Waals surface area contributed by atoms with Crippen LogP contribution in [-0.4, -0.2) is 25.5 Å². The first-order chi connectivity index (χ1) is 9.19. The van der Waals surface area contributed by atoms with E-state index in [2.05, 4.69) is 29.3 Å². The minimum Gasteiger partial charge on any atom is -0.359 e. The van der Waals surface area contributed by atoms with Gasteiger partial charge in [-0.05, 0) is 37.3 Å². The van der Waals surface area contributed by atoms with Crippen LogP contribution in [0.15, 0.2) is 18.2 Å². The highest BCUT2D eigenvalue weighted by atomic mass is 16.2. The van der Waals surface area contributed by atoms with E-state index in [1.54, 1.807) is 7.05 Å². The highest BCUT2D eigenvalue weighted by Gasteiger charge is 2.29. The number of nitrogens with zero attached hydrogens (tertiary/aromatic N) is 1. The Labute approximate surface area is 115 Å². The second kappa shape index (κ2) is 6.06. The summed E-state index contributed by atoms with van der Waals surface area (Å²) in [6.07, 6.45) is 3.16. The molecule has 1 aromatic carbocycles. The number of carbonyl (C=O) groups is 1. The van der Waals surface area contributed by atoms with Crippen molar-refractivity contribution in [2.24, 2.45) is 5.73 Å². The highest BCUT2D eigenvalue weighted by molar-refractivity contribution is 5.86. The fourth-order valence-electron chi connectivity index (χ4n) is 2.93. The van der Waals surface area contributed by atoms with Crippen molar-refractivity contribution in [1.29, 1.82) is 0 Å². The van der Waals surface area contributed by atoms with Gasteiger partial charge in [0.05, 0.1) is 0 Å². The number of aryl methyl sites for hydroxylation is 1. The van der Waals surface area contributed by atoms with Crippen LogP contribution in [0.1, 0.15) is 30.4 Å². The van der Waals surface area contributed by atoms with Crippen LogP contribution in [0.2, 0.25) is 0 Å². The normalized spacial score (nSPS) is 19.3. The molecule has 0 bridgehead atoms. The van der Waals surface area contributed by atoms with Gasteiger partial charge in [0.15, 0.2) is 0 Å². The number of likely N-dealkylation sites (N-methyl/N-ethyl adjacent to an activating group) is 1. The molecule has 2 rings (SSSR count). The van der Waals surface area contributed by atoms with E-state index in [0.717, 1.165) is 37.1 Å². The lowest BCUT2D eigenvalue weighted by Crippen LogP contribution is -2.49. The third-order valence-electron chi connectivity index (χ3n) is 3.88. The maximum atomic E-state index is 12.1. The van der Waals surface area contributed by atoms with Gasteiger partial charge in [0.2, 0.25) is 5.91 Å². The molecule has 1 saturated heterocycles. The average Bonchev–Trinajstić information content (AvgIpc) is 2.46. The van der Waals surface area contributed by atoms with Crippen molar-refractivity contribution in [1.82, 2.24) is 5.32 Å². The van der Waals surface area contributed by atoms with Crippen molar-refractivity contribution < 1.29 is 4.79 Å². The number of nitrogens with two attached hydrogens (primary N) is 1. The minimum atomic E-state index is -0.0647. The largest absolute Gasteiger partial charge is 0.359 e. The second-order valence-corrected chi connectivity index (χ2v) is 5.11. The molecule has 1 unspecified atom stereocenters. The molecule has 1 aromatic rings. The maximum absolute atomic E-state index is 12.1. The molecule has 19 heavy (non-hydrogen) atoms. The van der Waals surface area contributed by atoms with Crippen molar-refractivity contribution in [3.63, 3.8) is 0 Å². The van der Waals surface area contributed by atoms with Crippen LogP contribution in [-0.2, 0) is 11.3 Å². The first kappa shape index (κ1) is 13.9. The number of benzene rings is 1. The summed E-state index contributed by atoms with van der Waals surface area (Å²) in [5, 5.41) is 2.78. The van der Waals surface area contributed by atoms with Gasteiger partial charge in [-0.2, -0.15) is 0 Å². The number of carbonyl (C=O) groups excluding carboxylic acids is 1. The van der Waals surface area contributed by atoms with Crippen LogP contribution >= 0.6 is 0 Å². The third-order valence-corrected chi connectivity index (χ3v) is 3.88. The molecule has 4 heteroatoms. The van der Waals surface area contributed by atoms with Crippen molar-refractivity contribution in [3.05, 3.63) is 29.3 Å². The van der Waals surface area contributed by atoms with Gasteiger partial charge >= 0.3 is 0 Å². The molecule has 1 amide bonds. The Morgan fingerprint density at radius 2 is 2.26 bits per heavy atom. The van der Waals surface area contributed by atoms with Gasteiger partial charge in [0.1, 0.15) is 6.04 Å². The Kier molecular flexibility index (Phi) is 4.43. The van der Waals surface area contributed by atoms with Gasteiger partial charge < -0.3 is 16.0 Å². The quantitative estimate of drug-likeness (QED) is 0.868. The summed E-state index contributed by atoms with van der Waals surface area (Å²) in [7, 11) is 1.71. The highest BCUT2D eigenvalue weighted by Crippen LogP contribution is 2.31. The van der Waals surface area contributed by atoms with E-state index in [9.17, 15) is 4.79 Å². The number of para-hydroxylation sites is 1. The maximum Gasteiger partial charge on any atom is 0.242 e. The lowest BCUT2D eigenvalue weighted by molar-refractivity contribution is -0.122. The standard InChI is InChI=1S/C15H23N3O/c1-11-6-5-7-12(10-16)14(11)18-9-4-3-8-13(18)15(19)17-2/h5-7,13H,3-4,8-10,16H2,1-2H3,(H,17,19). The lowest BCUT2D eigenvalue weighted by Gasteiger charge is -2.38. The molecule has 0 spiro atoms. The van der Waals surface area contributed by atoms with Crippen LogP contribution in [0.4, 0.5) is 5.69 Å². The zero-order chi connectivity index (χ0) is 13.8. The fraction of sp³-hybridized carbons (Fsp3) is 0.533. The minimum absolute atomic E-state index is 0.0647. The third kappa shape index (κ3) is 2.73.